The van der Waals surface area contributed by atoms with Crippen LogP contribution in [0.4, 0.5) is 0 Å². The van der Waals surface area contributed by atoms with Crippen molar-refractivity contribution in [3.05, 3.63) is 52.4 Å². The van der Waals surface area contributed by atoms with Crippen LogP contribution in [-0.2, 0) is 0 Å². The van der Waals surface area contributed by atoms with Gasteiger partial charge in [0.25, 0.3) is 0 Å². The highest BCUT2D eigenvalue weighted by atomic mass is 32.1. The number of thiophene rings is 1. The van der Waals surface area contributed by atoms with E-state index in [4.69, 9.17) is 18.9 Å². The molecule has 1 heterocycles. The number of ether oxygens (including phenoxy) is 4. The molecule has 0 radical (unpaired) electrons. The highest BCUT2D eigenvalue weighted by Crippen LogP contribution is 2.46. The molecular formula is C23H24O4S. The fourth-order valence-corrected chi connectivity index (χ4v) is 4.69. The van der Waals surface area contributed by atoms with Crippen molar-refractivity contribution in [2.75, 3.05) is 28.4 Å². The molecule has 0 N–H and O–H groups in total. The summed E-state index contributed by atoms with van der Waals surface area (Å²) in [5, 5.41) is 3.49. The highest BCUT2D eigenvalue weighted by Gasteiger charge is 2.23. The van der Waals surface area contributed by atoms with Crippen LogP contribution in [0.2, 0.25) is 0 Å². The van der Waals surface area contributed by atoms with E-state index in [2.05, 4.69) is 29.6 Å². The van der Waals surface area contributed by atoms with Crippen LogP contribution in [0, 0.1) is 0 Å². The van der Waals surface area contributed by atoms with Gasteiger partial charge in [-0.25, -0.2) is 0 Å². The molecule has 4 rings (SSSR count). The number of hydrogen-bond acceptors (Lipinski definition) is 5. The van der Waals surface area contributed by atoms with Crippen molar-refractivity contribution in [3.63, 3.8) is 0 Å². The Bertz CT molecular complexity index is 1020. The number of methoxy groups -OCH3 is 4. The minimum atomic E-state index is 0.617. The lowest BCUT2D eigenvalue weighted by Crippen LogP contribution is -2.04. The number of allylic oxidation sites excluding steroid dienone is 1. The number of hydrogen-bond donors (Lipinski definition) is 0. The Balaban J connectivity index is 1.92. The molecule has 0 atom stereocenters. The first-order valence-electron chi connectivity index (χ1n) is 9.28. The van der Waals surface area contributed by atoms with E-state index < -0.39 is 0 Å². The molecule has 0 bridgehead atoms. The van der Waals surface area contributed by atoms with E-state index in [0.29, 0.717) is 17.2 Å². The zero-order valence-electron chi connectivity index (χ0n) is 16.6. The molecule has 146 valence electrons. The predicted molar refractivity (Wildman–Crippen MR) is 114 cm³/mol. The standard InChI is InChI=1S/C23H24O4S/c1-24-16-8-9-17-18(13-28-21(17)12-16)22(14-6-5-7-14)15-10-19(25-2)23(27-4)20(11-15)26-3/h8-13H,5-7H2,1-4H3. The van der Waals surface area contributed by atoms with Gasteiger partial charge >= 0.3 is 0 Å². The molecule has 4 nitrogen and oxygen atoms in total. The first-order chi connectivity index (χ1) is 13.7. The zero-order chi connectivity index (χ0) is 19.7. The lowest BCUT2D eigenvalue weighted by Gasteiger charge is -2.24. The SMILES string of the molecule is COc1ccc2c(C(=C3CCC3)c3cc(OC)c(OC)c(OC)c3)csc2c1. The normalized spacial score (nSPS) is 13.2. The van der Waals surface area contributed by atoms with Gasteiger partial charge in [-0.1, -0.05) is 5.57 Å². The van der Waals surface area contributed by atoms with Crippen LogP contribution in [0.1, 0.15) is 30.4 Å². The largest absolute Gasteiger partial charge is 0.497 e. The van der Waals surface area contributed by atoms with Gasteiger partial charge in [-0.2, -0.15) is 0 Å². The average Bonchev–Trinajstić information content (AvgIpc) is 3.11. The lowest BCUT2D eigenvalue weighted by atomic mass is 9.82. The van der Waals surface area contributed by atoms with E-state index in [9.17, 15) is 0 Å². The molecule has 28 heavy (non-hydrogen) atoms. The monoisotopic (exact) mass is 396 g/mol. The number of benzene rings is 2. The fourth-order valence-electron chi connectivity index (χ4n) is 3.71. The van der Waals surface area contributed by atoms with Crippen molar-refractivity contribution < 1.29 is 18.9 Å². The third kappa shape index (κ3) is 3.10. The molecule has 0 spiro atoms. The molecule has 0 aliphatic heterocycles. The van der Waals surface area contributed by atoms with Gasteiger partial charge in [0, 0.05) is 15.6 Å². The second-order valence-corrected chi connectivity index (χ2v) is 7.67. The summed E-state index contributed by atoms with van der Waals surface area (Å²) < 4.78 is 23.3. The third-order valence-corrected chi connectivity index (χ3v) is 6.26. The molecule has 1 aliphatic carbocycles. The highest BCUT2D eigenvalue weighted by molar-refractivity contribution is 7.17. The van der Waals surface area contributed by atoms with Gasteiger partial charge in [-0.3, -0.25) is 0 Å². The summed E-state index contributed by atoms with van der Waals surface area (Å²) in [6.07, 6.45) is 3.48. The maximum atomic E-state index is 5.59. The maximum Gasteiger partial charge on any atom is 0.203 e. The van der Waals surface area contributed by atoms with Gasteiger partial charge in [0.15, 0.2) is 11.5 Å². The van der Waals surface area contributed by atoms with Crippen LogP contribution >= 0.6 is 11.3 Å². The van der Waals surface area contributed by atoms with E-state index in [0.717, 1.165) is 24.2 Å². The Labute approximate surface area is 169 Å². The molecule has 0 saturated heterocycles. The van der Waals surface area contributed by atoms with Gasteiger partial charge in [-0.15, -0.1) is 11.3 Å². The van der Waals surface area contributed by atoms with Crippen molar-refractivity contribution in [2.45, 2.75) is 19.3 Å². The molecular weight excluding hydrogens is 372 g/mol. The quantitative estimate of drug-likeness (QED) is 0.518. The fraction of sp³-hybridized carbons (Fsp3) is 0.304. The topological polar surface area (TPSA) is 36.9 Å². The Morgan fingerprint density at radius 2 is 1.57 bits per heavy atom. The summed E-state index contributed by atoms with van der Waals surface area (Å²) in [6.45, 7) is 0. The molecule has 1 saturated carbocycles. The Hall–Kier alpha value is -2.66. The Morgan fingerprint density at radius 1 is 0.857 bits per heavy atom. The van der Waals surface area contributed by atoms with Crippen molar-refractivity contribution in [2.24, 2.45) is 0 Å². The van der Waals surface area contributed by atoms with Crippen molar-refractivity contribution in [1.29, 1.82) is 0 Å². The molecule has 0 unspecified atom stereocenters. The zero-order valence-corrected chi connectivity index (χ0v) is 17.4. The minimum absolute atomic E-state index is 0.617. The van der Waals surface area contributed by atoms with E-state index >= 15 is 0 Å². The van der Waals surface area contributed by atoms with Gasteiger partial charge in [0.2, 0.25) is 5.75 Å². The summed E-state index contributed by atoms with van der Waals surface area (Å²) in [5.74, 6) is 2.85. The first kappa shape index (κ1) is 18.7. The van der Waals surface area contributed by atoms with E-state index in [1.54, 1.807) is 39.8 Å². The summed E-state index contributed by atoms with van der Waals surface area (Å²) in [6, 6.07) is 10.4. The van der Waals surface area contributed by atoms with E-state index in [1.807, 2.05) is 6.07 Å². The van der Waals surface area contributed by atoms with Gasteiger partial charge in [0.1, 0.15) is 5.75 Å². The molecule has 5 heteroatoms. The first-order valence-corrected chi connectivity index (χ1v) is 10.2. The van der Waals surface area contributed by atoms with Crippen molar-refractivity contribution >= 4 is 27.0 Å². The van der Waals surface area contributed by atoms with E-state index in [1.165, 1.54) is 33.2 Å². The molecule has 3 aromatic rings. The summed E-state index contributed by atoms with van der Waals surface area (Å²) >= 11 is 1.74. The van der Waals surface area contributed by atoms with Gasteiger partial charge < -0.3 is 18.9 Å². The lowest BCUT2D eigenvalue weighted by molar-refractivity contribution is 0.324. The molecule has 1 fully saturated rings. The summed E-state index contributed by atoms with van der Waals surface area (Å²) in [5.41, 5.74) is 5.11. The summed E-state index contributed by atoms with van der Waals surface area (Å²) in [4.78, 5) is 0. The molecule has 0 amide bonds. The average molecular weight is 397 g/mol. The van der Waals surface area contributed by atoms with Crippen LogP contribution in [0.3, 0.4) is 0 Å². The Kier molecular flexibility index (Phi) is 5.18. The van der Waals surface area contributed by atoms with Crippen molar-refractivity contribution in [1.82, 2.24) is 0 Å². The van der Waals surface area contributed by atoms with Crippen LogP contribution < -0.4 is 18.9 Å². The number of rotatable bonds is 6. The second-order valence-electron chi connectivity index (χ2n) is 6.76. The van der Waals surface area contributed by atoms with Gasteiger partial charge in [-0.05, 0) is 66.1 Å². The maximum absolute atomic E-state index is 5.59. The van der Waals surface area contributed by atoms with Crippen LogP contribution in [0.15, 0.2) is 41.3 Å². The minimum Gasteiger partial charge on any atom is -0.497 e. The molecule has 2 aromatic carbocycles. The van der Waals surface area contributed by atoms with Crippen LogP contribution in [-0.4, -0.2) is 28.4 Å². The molecule has 1 aliphatic rings. The van der Waals surface area contributed by atoms with Crippen molar-refractivity contribution in [3.8, 4) is 23.0 Å². The number of fused-ring (bicyclic) bond motifs is 1. The van der Waals surface area contributed by atoms with Crippen LogP contribution in [0.5, 0.6) is 23.0 Å². The third-order valence-electron chi connectivity index (χ3n) is 5.32. The Morgan fingerprint density at radius 3 is 2.11 bits per heavy atom. The summed E-state index contributed by atoms with van der Waals surface area (Å²) in [7, 11) is 6.64. The van der Waals surface area contributed by atoms with E-state index in [-0.39, 0.29) is 0 Å². The predicted octanol–water partition coefficient (Wildman–Crippen LogP) is 5.92. The van der Waals surface area contributed by atoms with Gasteiger partial charge in [0.05, 0.1) is 28.4 Å². The smallest absolute Gasteiger partial charge is 0.203 e. The van der Waals surface area contributed by atoms with Crippen LogP contribution in [0.25, 0.3) is 15.7 Å². The molecule has 1 aromatic heterocycles. The second kappa shape index (κ2) is 7.76.